The Hall–Kier alpha value is -1.21. The number of benzene rings is 1. The maximum Gasteiger partial charge on any atom is 0.252 e. The van der Waals surface area contributed by atoms with Gasteiger partial charge in [0.05, 0.1) is 5.60 Å². The molecule has 6 heteroatoms. The molecule has 1 spiro atoms. The average Bonchev–Trinajstić information content (AvgIpc) is 3.27. The molecule has 1 aromatic carbocycles. The van der Waals surface area contributed by atoms with Crippen LogP contribution in [0.3, 0.4) is 0 Å². The molecule has 0 unspecified atom stereocenters. The average molecular weight is 364 g/mol. The molecular formula is C18H21NO3S2. The number of rotatable bonds is 3. The first-order valence-electron chi connectivity index (χ1n) is 8.39. The predicted octanol–water partition coefficient (Wildman–Crippen LogP) is 3.75. The van der Waals surface area contributed by atoms with Crippen LogP contribution in [0.5, 0.6) is 0 Å². The first-order valence-corrected chi connectivity index (χ1v) is 10.6. The largest absolute Gasteiger partial charge is 0.375 e. The highest BCUT2D eigenvalue weighted by Crippen LogP contribution is 2.38. The first-order chi connectivity index (χ1) is 11.6. The van der Waals surface area contributed by atoms with E-state index in [1.807, 2.05) is 36.4 Å². The molecule has 0 atom stereocenters. The van der Waals surface area contributed by atoms with Crippen LogP contribution in [-0.2, 0) is 14.8 Å². The molecule has 0 amide bonds. The molecular weight excluding hydrogens is 342 g/mol. The van der Waals surface area contributed by atoms with Gasteiger partial charge in [-0.15, -0.1) is 11.3 Å². The van der Waals surface area contributed by atoms with E-state index in [1.165, 1.54) is 11.3 Å². The van der Waals surface area contributed by atoms with Crippen LogP contribution >= 0.6 is 11.3 Å². The molecule has 3 heterocycles. The Morgan fingerprint density at radius 2 is 1.75 bits per heavy atom. The third kappa shape index (κ3) is 2.92. The Balaban J connectivity index is 1.52. The summed E-state index contributed by atoms with van der Waals surface area (Å²) < 4.78 is 33.8. The minimum absolute atomic E-state index is 0.0589. The minimum Gasteiger partial charge on any atom is -0.375 e. The van der Waals surface area contributed by atoms with E-state index in [-0.39, 0.29) is 5.60 Å². The normalized spacial score (nSPS) is 21.3. The molecule has 2 fully saturated rings. The van der Waals surface area contributed by atoms with Crippen LogP contribution in [0.25, 0.3) is 10.4 Å². The Morgan fingerprint density at radius 1 is 1.00 bits per heavy atom. The summed E-state index contributed by atoms with van der Waals surface area (Å²) in [4.78, 5) is 0.988. The van der Waals surface area contributed by atoms with Gasteiger partial charge in [0.25, 0.3) is 10.0 Å². The predicted molar refractivity (Wildman–Crippen MR) is 95.7 cm³/mol. The summed E-state index contributed by atoms with van der Waals surface area (Å²) >= 11 is 1.35. The minimum atomic E-state index is -3.40. The highest BCUT2D eigenvalue weighted by atomic mass is 32.2. The first kappa shape index (κ1) is 16.3. The number of thiophene rings is 1. The van der Waals surface area contributed by atoms with Gasteiger partial charge >= 0.3 is 0 Å². The standard InChI is InChI=1S/C18H21NO3S2/c20-24(21,19-12-10-18(11-13-19)9-4-14-22-18)17-8-7-16(23-17)15-5-2-1-3-6-15/h1-3,5-8H,4,9-14H2. The molecule has 2 aliphatic rings. The Bertz CT molecular complexity index is 798. The van der Waals surface area contributed by atoms with Crippen molar-refractivity contribution in [2.45, 2.75) is 35.5 Å². The maximum absolute atomic E-state index is 12.9. The number of piperidine rings is 1. The molecule has 0 N–H and O–H groups in total. The molecule has 4 rings (SSSR count). The van der Waals surface area contributed by atoms with Crippen molar-refractivity contribution in [3.63, 3.8) is 0 Å². The Labute approximate surface area is 147 Å². The lowest BCUT2D eigenvalue weighted by atomic mass is 9.90. The summed E-state index contributed by atoms with van der Waals surface area (Å²) in [7, 11) is -3.40. The van der Waals surface area contributed by atoms with E-state index in [1.54, 1.807) is 10.4 Å². The molecule has 0 radical (unpaired) electrons. The zero-order valence-corrected chi connectivity index (χ0v) is 15.1. The summed E-state index contributed by atoms with van der Waals surface area (Å²) in [5.74, 6) is 0. The van der Waals surface area contributed by atoms with Crippen LogP contribution in [0.4, 0.5) is 0 Å². The molecule has 4 nitrogen and oxygen atoms in total. The van der Waals surface area contributed by atoms with E-state index < -0.39 is 10.0 Å². The van der Waals surface area contributed by atoms with Crippen molar-refractivity contribution < 1.29 is 13.2 Å². The van der Waals surface area contributed by atoms with Crippen LogP contribution in [0.2, 0.25) is 0 Å². The van der Waals surface area contributed by atoms with Crippen LogP contribution in [-0.4, -0.2) is 38.0 Å². The van der Waals surface area contributed by atoms with E-state index in [0.717, 1.165) is 42.7 Å². The van der Waals surface area contributed by atoms with Crippen LogP contribution in [0.1, 0.15) is 25.7 Å². The number of hydrogen-bond acceptors (Lipinski definition) is 4. The van der Waals surface area contributed by atoms with Gasteiger partial charge in [0.15, 0.2) is 0 Å². The second kappa shape index (κ2) is 6.26. The molecule has 0 bridgehead atoms. The van der Waals surface area contributed by atoms with Gasteiger partial charge in [-0.1, -0.05) is 30.3 Å². The number of nitrogens with zero attached hydrogens (tertiary/aromatic N) is 1. The zero-order chi connectivity index (χ0) is 16.6. The zero-order valence-electron chi connectivity index (χ0n) is 13.5. The number of sulfonamides is 1. The van der Waals surface area contributed by atoms with E-state index in [2.05, 4.69) is 0 Å². The van der Waals surface area contributed by atoms with E-state index in [0.29, 0.717) is 17.3 Å². The third-order valence-corrected chi connectivity index (χ3v) is 8.55. The van der Waals surface area contributed by atoms with Crippen molar-refractivity contribution in [2.24, 2.45) is 0 Å². The van der Waals surface area contributed by atoms with Gasteiger partial charge in [0, 0.05) is 24.6 Å². The summed E-state index contributed by atoms with van der Waals surface area (Å²) in [6.07, 6.45) is 3.78. The summed E-state index contributed by atoms with van der Waals surface area (Å²) in [5.41, 5.74) is 0.998. The molecule has 24 heavy (non-hydrogen) atoms. The van der Waals surface area contributed by atoms with Crippen LogP contribution < -0.4 is 0 Å². The third-order valence-electron chi connectivity index (χ3n) is 5.05. The van der Waals surface area contributed by atoms with Gasteiger partial charge in [-0.05, 0) is 43.4 Å². The van der Waals surface area contributed by atoms with Gasteiger partial charge < -0.3 is 4.74 Å². The van der Waals surface area contributed by atoms with Crippen molar-refractivity contribution in [1.29, 1.82) is 0 Å². The molecule has 2 aliphatic heterocycles. The monoisotopic (exact) mass is 363 g/mol. The van der Waals surface area contributed by atoms with Crippen molar-refractivity contribution in [3.8, 4) is 10.4 Å². The second-order valence-corrected chi connectivity index (χ2v) is 9.77. The van der Waals surface area contributed by atoms with Crippen LogP contribution in [0, 0.1) is 0 Å². The molecule has 2 saturated heterocycles. The van der Waals surface area contributed by atoms with Gasteiger partial charge in [-0.25, -0.2) is 8.42 Å². The van der Waals surface area contributed by atoms with Gasteiger partial charge in [-0.3, -0.25) is 0 Å². The van der Waals surface area contributed by atoms with Crippen molar-refractivity contribution in [3.05, 3.63) is 42.5 Å². The highest BCUT2D eigenvalue weighted by molar-refractivity contribution is 7.91. The lowest BCUT2D eigenvalue weighted by Gasteiger charge is -2.37. The quantitative estimate of drug-likeness (QED) is 0.834. The highest BCUT2D eigenvalue weighted by Gasteiger charge is 2.41. The summed E-state index contributed by atoms with van der Waals surface area (Å²) in [6.45, 7) is 1.93. The SMILES string of the molecule is O=S(=O)(c1ccc(-c2ccccc2)s1)N1CCC2(CCCO2)CC1. The second-order valence-electron chi connectivity index (χ2n) is 6.52. The van der Waals surface area contributed by atoms with E-state index in [4.69, 9.17) is 4.74 Å². The van der Waals surface area contributed by atoms with Crippen LogP contribution in [0.15, 0.2) is 46.7 Å². The lowest BCUT2D eigenvalue weighted by Crippen LogP contribution is -2.46. The van der Waals surface area contributed by atoms with Gasteiger partial charge in [-0.2, -0.15) is 4.31 Å². The van der Waals surface area contributed by atoms with E-state index in [9.17, 15) is 8.42 Å². The summed E-state index contributed by atoms with van der Waals surface area (Å²) in [6, 6.07) is 13.5. The van der Waals surface area contributed by atoms with Crippen molar-refractivity contribution in [2.75, 3.05) is 19.7 Å². The van der Waals surface area contributed by atoms with Gasteiger partial charge in [0.1, 0.15) is 4.21 Å². The van der Waals surface area contributed by atoms with Crippen molar-refractivity contribution in [1.82, 2.24) is 4.31 Å². The fourth-order valence-corrected chi connectivity index (χ4v) is 6.53. The molecule has 1 aromatic heterocycles. The van der Waals surface area contributed by atoms with Crippen molar-refractivity contribution >= 4 is 21.4 Å². The molecule has 128 valence electrons. The Morgan fingerprint density at radius 3 is 2.42 bits per heavy atom. The van der Waals surface area contributed by atoms with Gasteiger partial charge in [0.2, 0.25) is 0 Å². The van der Waals surface area contributed by atoms with E-state index >= 15 is 0 Å². The molecule has 2 aromatic rings. The lowest BCUT2D eigenvalue weighted by molar-refractivity contribution is -0.0308. The molecule has 0 saturated carbocycles. The summed E-state index contributed by atoms with van der Waals surface area (Å²) in [5, 5.41) is 0. The molecule has 0 aliphatic carbocycles. The number of hydrogen-bond donors (Lipinski definition) is 0. The smallest absolute Gasteiger partial charge is 0.252 e. The topological polar surface area (TPSA) is 46.6 Å². The fourth-order valence-electron chi connectivity index (χ4n) is 3.63. The fraction of sp³-hybridized carbons (Fsp3) is 0.444. The maximum atomic E-state index is 12.9. The Kier molecular flexibility index (Phi) is 4.24. The number of ether oxygens (including phenoxy) is 1.